The summed E-state index contributed by atoms with van der Waals surface area (Å²) < 4.78 is 4.86. The van der Waals surface area contributed by atoms with E-state index in [-0.39, 0.29) is 17.5 Å². The molecule has 1 saturated heterocycles. The molecule has 1 fully saturated rings. The van der Waals surface area contributed by atoms with E-state index in [4.69, 9.17) is 4.74 Å². The summed E-state index contributed by atoms with van der Waals surface area (Å²) in [7, 11) is 0. The van der Waals surface area contributed by atoms with Gasteiger partial charge >= 0.3 is 5.97 Å². The van der Waals surface area contributed by atoms with Gasteiger partial charge in [-0.3, -0.25) is 4.79 Å². The Balaban J connectivity index is 2.40. The first kappa shape index (κ1) is 6.59. The summed E-state index contributed by atoms with van der Waals surface area (Å²) in [6.07, 6.45) is 0.758. The third-order valence-electron chi connectivity index (χ3n) is 1.59. The molecule has 1 rings (SSSR count). The molecule has 1 aliphatic heterocycles. The Morgan fingerprint density at radius 1 is 1.56 bits per heavy atom. The summed E-state index contributed by atoms with van der Waals surface area (Å²) in [6.45, 7) is 6.22. The Kier molecular flexibility index (Phi) is 1.26. The van der Waals surface area contributed by atoms with E-state index in [1.54, 1.807) is 0 Å². The van der Waals surface area contributed by atoms with Gasteiger partial charge in [0.15, 0.2) is 0 Å². The molecule has 0 aromatic carbocycles. The van der Waals surface area contributed by atoms with Crippen molar-refractivity contribution in [2.24, 2.45) is 5.41 Å². The molecule has 52 valence electrons. The molecular weight excluding hydrogens is 116 g/mol. The molecule has 0 aromatic rings. The number of hydrogen-bond acceptors (Lipinski definition) is 2. The van der Waals surface area contributed by atoms with Gasteiger partial charge in [-0.1, -0.05) is 20.8 Å². The minimum absolute atomic E-state index is 0.0603. The smallest absolute Gasteiger partial charge is 0.309 e. The van der Waals surface area contributed by atoms with Gasteiger partial charge in [-0.25, -0.2) is 0 Å². The normalized spacial score (nSPS) is 27.0. The first-order valence-corrected chi connectivity index (χ1v) is 3.19. The molecule has 1 aliphatic rings. The highest BCUT2D eigenvalue weighted by Crippen LogP contribution is 2.31. The molecule has 0 N–H and O–H groups in total. The van der Waals surface area contributed by atoms with Crippen LogP contribution in [0, 0.1) is 5.41 Å². The molecule has 0 aliphatic carbocycles. The molecule has 0 saturated carbocycles. The van der Waals surface area contributed by atoms with Crippen LogP contribution >= 0.6 is 0 Å². The average Bonchev–Trinajstić information content (AvgIpc) is 1.55. The van der Waals surface area contributed by atoms with Gasteiger partial charge in [-0.05, 0) is 5.41 Å². The Bertz CT molecular complexity index is 124. The van der Waals surface area contributed by atoms with Crippen molar-refractivity contribution in [2.45, 2.75) is 33.3 Å². The molecular formula is C7H12O2. The molecule has 0 amide bonds. The summed E-state index contributed by atoms with van der Waals surface area (Å²) in [6, 6.07) is 0. The van der Waals surface area contributed by atoms with Crippen LogP contribution < -0.4 is 0 Å². The second-order valence-electron chi connectivity index (χ2n) is 3.55. The predicted molar refractivity (Wildman–Crippen MR) is 34.0 cm³/mol. The Labute approximate surface area is 55.2 Å². The van der Waals surface area contributed by atoms with Crippen molar-refractivity contribution in [3.05, 3.63) is 0 Å². The number of ether oxygens (including phenoxy) is 1. The fourth-order valence-corrected chi connectivity index (χ4v) is 0.783. The van der Waals surface area contributed by atoms with E-state index < -0.39 is 0 Å². The van der Waals surface area contributed by atoms with Gasteiger partial charge in [0.1, 0.15) is 6.10 Å². The van der Waals surface area contributed by atoms with Crippen LogP contribution in [0.2, 0.25) is 0 Å². The summed E-state index contributed by atoms with van der Waals surface area (Å²) >= 11 is 0. The molecule has 9 heavy (non-hydrogen) atoms. The van der Waals surface area contributed by atoms with Crippen LogP contribution in [-0.4, -0.2) is 12.1 Å². The number of rotatable bonds is 0. The van der Waals surface area contributed by atoms with Gasteiger partial charge < -0.3 is 4.74 Å². The molecule has 0 unspecified atom stereocenters. The maximum absolute atomic E-state index is 10.3. The van der Waals surface area contributed by atoms with Crippen molar-refractivity contribution in [3.63, 3.8) is 0 Å². The second-order valence-corrected chi connectivity index (χ2v) is 3.55. The highest BCUT2D eigenvalue weighted by Gasteiger charge is 2.37. The van der Waals surface area contributed by atoms with Crippen LogP contribution in [0.25, 0.3) is 0 Å². The standard InChI is InChI=1S/C7H12O2/c1-7(2,3)5-4-6(8)9-5/h5H,4H2,1-3H3/t5-/m0/s1. The lowest BCUT2D eigenvalue weighted by Gasteiger charge is -2.36. The van der Waals surface area contributed by atoms with E-state index in [1.807, 2.05) is 0 Å². The van der Waals surface area contributed by atoms with Gasteiger partial charge in [-0.2, -0.15) is 0 Å². The molecule has 0 spiro atoms. The van der Waals surface area contributed by atoms with E-state index in [1.165, 1.54) is 0 Å². The van der Waals surface area contributed by atoms with E-state index in [2.05, 4.69) is 20.8 Å². The number of carbonyl (C=O) groups is 1. The molecule has 1 heterocycles. The van der Waals surface area contributed by atoms with Crippen molar-refractivity contribution in [2.75, 3.05) is 0 Å². The van der Waals surface area contributed by atoms with E-state index >= 15 is 0 Å². The zero-order valence-corrected chi connectivity index (χ0v) is 6.10. The van der Waals surface area contributed by atoms with Crippen LogP contribution in [0.4, 0.5) is 0 Å². The molecule has 0 aromatic heterocycles. The summed E-state index contributed by atoms with van der Waals surface area (Å²) in [4.78, 5) is 10.3. The van der Waals surface area contributed by atoms with Gasteiger partial charge in [0.25, 0.3) is 0 Å². The SMILES string of the molecule is CC(C)(C)[C@@H]1CC(=O)O1. The Hall–Kier alpha value is -0.530. The highest BCUT2D eigenvalue weighted by molar-refractivity contribution is 5.75. The van der Waals surface area contributed by atoms with Crippen LogP contribution in [0.15, 0.2) is 0 Å². The van der Waals surface area contributed by atoms with E-state index in [9.17, 15) is 4.79 Å². The summed E-state index contributed by atoms with van der Waals surface area (Å²) in [5, 5.41) is 0. The van der Waals surface area contributed by atoms with Crippen LogP contribution in [0.5, 0.6) is 0 Å². The lowest BCUT2D eigenvalue weighted by atomic mass is 9.85. The lowest BCUT2D eigenvalue weighted by molar-refractivity contribution is -0.180. The predicted octanol–water partition coefficient (Wildman–Crippen LogP) is 1.35. The third kappa shape index (κ3) is 1.23. The molecule has 2 nitrogen and oxygen atoms in total. The van der Waals surface area contributed by atoms with Crippen LogP contribution in [-0.2, 0) is 9.53 Å². The summed E-state index contributed by atoms with van der Waals surface area (Å²) in [5.41, 5.74) is 0.133. The quantitative estimate of drug-likeness (QED) is 0.460. The van der Waals surface area contributed by atoms with Crippen LogP contribution in [0.3, 0.4) is 0 Å². The van der Waals surface area contributed by atoms with Crippen molar-refractivity contribution in [1.82, 2.24) is 0 Å². The van der Waals surface area contributed by atoms with Crippen LogP contribution in [0.1, 0.15) is 27.2 Å². The minimum Gasteiger partial charge on any atom is -0.461 e. The Morgan fingerprint density at radius 2 is 2.00 bits per heavy atom. The fraction of sp³-hybridized carbons (Fsp3) is 0.857. The second kappa shape index (κ2) is 1.72. The van der Waals surface area contributed by atoms with Crippen molar-refractivity contribution in [1.29, 1.82) is 0 Å². The highest BCUT2D eigenvalue weighted by atomic mass is 16.6. The molecule has 1 atom stereocenters. The zero-order chi connectivity index (χ0) is 7.07. The van der Waals surface area contributed by atoms with Crippen molar-refractivity contribution >= 4 is 5.97 Å². The zero-order valence-electron chi connectivity index (χ0n) is 6.10. The average molecular weight is 128 g/mol. The number of carbonyl (C=O) groups excluding carboxylic acids is 1. The molecule has 2 heteroatoms. The molecule has 0 bridgehead atoms. The maximum Gasteiger partial charge on any atom is 0.309 e. The molecule has 0 radical (unpaired) electrons. The number of hydrogen-bond donors (Lipinski definition) is 0. The van der Waals surface area contributed by atoms with Gasteiger partial charge in [0.05, 0.1) is 6.42 Å². The minimum atomic E-state index is -0.0603. The van der Waals surface area contributed by atoms with Gasteiger partial charge in [0, 0.05) is 0 Å². The van der Waals surface area contributed by atoms with E-state index in [0.29, 0.717) is 6.42 Å². The third-order valence-corrected chi connectivity index (χ3v) is 1.59. The van der Waals surface area contributed by atoms with Gasteiger partial charge in [0.2, 0.25) is 0 Å². The lowest BCUT2D eigenvalue weighted by Crippen LogP contribution is -2.42. The van der Waals surface area contributed by atoms with Gasteiger partial charge in [-0.15, -0.1) is 0 Å². The number of esters is 1. The topological polar surface area (TPSA) is 26.3 Å². The van der Waals surface area contributed by atoms with E-state index in [0.717, 1.165) is 0 Å². The monoisotopic (exact) mass is 128 g/mol. The number of cyclic esters (lactones) is 1. The summed E-state index contributed by atoms with van der Waals surface area (Å²) in [5.74, 6) is -0.0603. The first-order valence-electron chi connectivity index (χ1n) is 3.19. The van der Waals surface area contributed by atoms with Crippen molar-refractivity contribution in [3.8, 4) is 0 Å². The first-order chi connectivity index (χ1) is 4.00. The maximum atomic E-state index is 10.3. The fourth-order valence-electron chi connectivity index (χ4n) is 0.783. The largest absolute Gasteiger partial charge is 0.461 e. The Morgan fingerprint density at radius 3 is 2.11 bits per heavy atom. The van der Waals surface area contributed by atoms with Crippen molar-refractivity contribution < 1.29 is 9.53 Å².